The lowest BCUT2D eigenvalue weighted by atomic mass is 10.00. The normalized spacial score (nSPS) is 28.1. The third-order valence-electron chi connectivity index (χ3n) is 1.72. The van der Waals surface area contributed by atoms with Gasteiger partial charge >= 0.3 is 5.97 Å². The number of aliphatic imine (C=N–C) groups is 1. The van der Waals surface area contributed by atoms with Crippen LogP contribution in [0.15, 0.2) is 16.9 Å². The molecule has 0 N–H and O–H groups in total. The van der Waals surface area contributed by atoms with Crippen molar-refractivity contribution in [3.8, 4) is 0 Å². The molecular weight excluding hydrogens is 161 g/mol. The number of carbonyl (C=O) groups excluding carboxylic acids is 1. The SMILES string of the molecule is COC(=O)C1N=CC(F)=CC1C. The fraction of sp³-hybridized carbons (Fsp3) is 0.500. The van der Waals surface area contributed by atoms with Crippen molar-refractivity contribution in [1.82, 2.24) is 0 Å². The molecule has 4 heteroatoms. The number of allylic oxidation sites excluding steroid dienone is 1. The Morgan fingerprint density at radius 1 is 1.75 bits per heavy atom. The molecule has 0 aliphatic carbocycles. The molecule has 1 aliphatic heterocycles. The van der Waals surface area contributed by atoms with Gasteiger partial charge in [-0.05, 0) is 6.08 Å². The van der Waals surface area contributed by atoms with Crippen LogP contribution in [-0.4, -0.2) is 25.3 Å². The largest absolute Gasteiger partial charge is 0.467 e. The summed E-state index contributed by atoms with van der Waals surface area (Å²) in [4.78, 5) is 14.7. The third kappa shape index (κ3) is 1.69. The Labute approximate surface area is 69.9 Å². The summed E-state index contributed by atoms with van der Waals surface area (Å²) in [6.45, 7) is 1.72. The zero-order chi connectivity index (χ0) is 9.14. The van der Waals surface area contributed by atoms with Crippen molar-refractivity contribution in [3.05, 3.63) is 11.9 Å². The maximum absolute atomic E-state index is 12.5. The predicted molar refractivity (Wildman–Crippen MR) is 42.7 cm³/mol. The highest BCUT2D eigenvalue weighted by molar-refractivity contribution is 5.84. The number of carbonyl (C=O) groups is 1. The Kier molecular flexibility index (Phi) is 2.58. The van der Waals surface area contributed by atoms with E-state index >= 15 is 0 Å². The molecule has 0 saturated heterocycles. The molecule has 0 fully saturated rings. The summed E-state index contributed by atoms with van der Waals surface area (Å²) in [6.07, 6.45) is 2.40. The van der Waals surface area contributed by atoms with Gasteiger partial charge in [-0.25, -0.2) is 9.18 Å². The zero-order valence-corrected chi connectivity index (χ0v) is 6.95. The number of hydrogen-bond donors (Lipinski definition) is 0. The highest BCUT2D eigenvalue weighted by Gasteiger charge is 2.26. The molecular formula is C8H10FNO2. The van der Waals surface area contributed by atoms with Gasteiger partial charge in [-0.1, -0.05) is 6.92 Å². The number of esters is 1. The van der Waals surface area contributed by atoms with Crippen LogP contribution in [0.25, 0.3) is 0 Å². The molecule has 2 atom stereocenters. The van der Waals surface area contributed by atoms with E-state index in [9.17, 15) is 9.18 Å². The second-order valence-corrected chi connectivity index (χ2v) is 2.66. The average molecular weight is 171 g/mol. The fourth-order valence-corrected chi connectivity index (χ4v) is 1.07. The van der Waals surface area contributed by atoms with Crippen molar-refractivity contribution in [2.75, 3.05) is 7.11 Å². The Balaban J connectivity index is 2.72. The smallest absolute Gasteiger partial charge is 0.331 e. The van der Waals surface area contributed by atoms with Crippen molar-refractivity contribution in [2.24, 2.45) is 10.9 Å². The maximum Gasteiger partial charge on any atom is 0.331 e. The van der Waals surface area contributed by atoms with Crippen LogP contribution in [0, 0.1) is 5.92 Å². The van der Waals surface area contributed by atoms with Crippen LogP contribution in [0.4, 0.5) is 4.39 Å². The molecule has 66 valence electrons. The molecule has 0 spiro atoms. The second-order valence-electron chi connectivity index (χ2n) is 2.66. The number of rotatable bonds is 1. The first-order valence-corrected chi connectivity index (χ1v) is 3.63. The number of nitrogens with zero attached hydrogens (tertiary/aromatic N) is 1. The van der Waals surface area contributed by atoms with E-state index in [0.29, 0.717) is 0 Å². The van der Waals surface area contributed by atoms with Gasteiger partial charge in [-0.3, -0.25) is 4.99 Å². The lowest BCUT2D eigenvalue weighted by Crippen LogP contribution is -2.28. The highest BCUT2D eigenvalue weighted by atomic mass is 19.1. The number of methoxy groups -OCH3 is 1. The Morgan fingerprint density at radius 2 is 2.42 bits per heavy atom. The van der Waals surface area contributed by atoms with E-state index in [1.807, 2.05) is 0 Å². The molecule has 0 aromatic heterocycles. The molecule has 3 nitrogen and oxygen atoms in total. The zero-order valence-electron chi connectivity index (χ0n) is 6.95. The molecule has 2 unspecified atom stereocenters. The van der Waals surface area contributed by atoms with E-state index in [2.05, 4.69) is 9.73 Å². The van der Waals surface area contributed by atoms with Gasteiger partial charge in [0.25, 0.3) is 0 Å². The van der Waals surface area contributed by atoms with Gasteiger partial charge in [0, 0.05) is 5.92 Å². The van der Waals surface area contributed by atoms with Crippen molar-refractivity contribution in [1.29, 1.82) is 0 Å². The van der Waals surface area contributed by atoms with Gasteiger partial charge in [0.05, 0.1) is 13.3 Å². The molecule has 1 heterocycles. The number of hydrogen-bond acceptors (Lipinski definition) is 3. The van der Waals surface area contributed by atoms with Gasteiger partial charge in [0.15, 0.2) is 6.04 Å². The van der Waals surface area contributed by atoms with Gasteiger partial charge in [-0.2, -0.15) is 0 Å². The molecule has 0 aromatic carbocycles. The van der Waals surface area contributed by atoms with E-state index in [0.717, 1.165) is 6.21 Å². The van der Waals surface area contributed by atoms with Crippen LogP contribution in [0.2, 0.25) is 0 Å². The molecule has 0 saturated carbocycles. The van der Waals surface area contributed by atoms with Gasteiger partial charge in [0.2, 0.25) is 0 Å². The van der Waals surface area contributed by atoms with Gasteiger partial charge in [0.1, 0.15) is 5.83 Å². The molecule has 0 amide bonds. The highest BCUT2D eigenvalue weighted by Crippen LogP contribution is 2.17. The monoisotopic (exact) mass is 171 g/mol. The Bertz CT molecular complexity index is 247. The van der Waals surface area contributed by atoms with Crippen LogP contribution in [-0.2, 0) is 9.53 Å². The second kappa shape index (κ2) is 3.47. The quantitative estimate of drug-likeness (QED) is 0.554. The minimum absolute atomic E-state index is 0.234. The lowest BCUT2D eigenvalue weighted by Gasteiger charge is -2.17. The molecule has 1 rings (SSSR count). The standard InChI is InChI=1S/C8H10FNO2/c1-5-3-6(9)4-10-7(5)8(11)12-2/h3-5,7H,1-2H3. The Hall–Kier alpha value is -1.19. The van der Waals surface area contributed by atoms with E-state index in [1.54, 1.807) is 6.92 Å². The summed E-state index contributed by atoms with van der Waals surface area (Å²) < 4.78 is 17.0. The molecule has 0 radical (unpaired) electrons. The minimum atomic E-state index is -0.588. The molecule has 1 aliphatic rings. The first-order chi connectivity index (χ1) is 5.65. The van der Waals surface area contributed by atoms with Crippen LogP contribution in [0.1, 0.15) is 6.92 Å². The lowest BCUT2D eigenvalue weighted by molar-refractivity contribution is -0.142. The van der Waals surface area contributed by atoms with Gasteiger partial charge in [-0.15, -0.1) is 0 Å². The van der Waals surface area contributed by atoms with E-state index in [4.69, 9.17) is 0 Å². The summed E-state index contributed by atoms with van der Waals surface area (Å²) in [7, 11) is 1.29. The van der Waals surface area contributed by atoms with E-state index in [1.165, 1.54) is 13.2 Å². The first-order valence-electron chi connectivity index (χ1n) is 3.63. The van der Waals surface area contributed by atoms with Crippen molar-refractivity contribution in [3.63, 3.8) is 0 Å². The average Bonchev–Trinajstić information content (AvgIpc) is 2.03. The Morgan fingerprint density at radius 3 is 2.92 bits per heavy atom. The summed E-state index contributed by atoms with van der Waals surface area (Å²) in [5, 5.41) is 0. The summed E-state index contributed by atoms with van der Waals surface area (Å²) in [5.41, 5.74) is 0. The predicted octanol–water partition coefficient (Wildman–Crippen LogP) is 1.10. The topological polar surface area (TPSA) is 38.7 Å². The number of halogens is 1. The first kappa shape index (κ1) is 8.90. The molecule has 0 bridgehead atoms. The van der Waals surface area contributed by atoms with Crippen molar-refractivity contribution >= 4 is 12.2 Å². The summed E-state index contributed by atoms with van der Waals surface area (Å²) in [5.74, 6) is -1.06. The summed E-state index contributed by atoms with van der Waals surface area (Å²) >= 11 is 0. The van der Waals surface area contributed by atoms with Crippen LogP contribution >= 0.6 is 0 Å². The molecule has 12 heavy (non-hydrogen) atoms. The van der Waals surface area contributed by atoms with Crippen molar-refractivity contribution < 1.29 is 13.9 Å². The number of dihydropyridines is 1. The van der Waals surface area contributed by atoms with E-state index < -0.39 is 17.8 Å². The summed E-state index contributed by atoms with van der Waals surface area (Å²) in [6, 6.07) is -0.588. The minimum Gasteiger partial charge on any atom is -0.467 e. The van der Waals surface area contributed by atoms with Crippen LogP contribution in [0.5, 0.6) is 0 Å². The van der Waals surface area contributed by atoms with Crippen LogP contribution in [0.3, 0.4) is 0 Å². The number of ether oxygens (including phenoxy) is 1. The molecule has 0 aromatic rings. The van der Waals surface area contributed by atoms with E-state index in [-0.39, 0.29) is 5.92 Å². The van der Waals surface area contributed by atoms with Crippen molar-refractivity contribution in [2.45, 2.75) is 13.0 Å². The maximum atomic E-state index is 12.5. The van der Waals surface area contributed by atoms with Gasteiger partial charge < -0.3 is 4.74 Å². The van der Waals surface area contributed by atoms with Crippen LogP contribution < -0.4 is 0 Å². The third-order valence-corrected chi connectivity index (χ3v) is 1.72. The fourth-order valence-electron chi connectivity index (χ4n) is 1.07.